The highest BCUT2D eigenvalue weighted by Gasteiger charge is 2.05. The van der Waals surface area contributed by atoms with Crippen molar-refractivity contribution in [2.45, 2.75) is 6.92 Å². The molecular weight excluding hydrogens is 176 g/mol. The summed E-state index contributed by atoms with van der Waals surface area (Å²) in [4.78, 5) is 7.84. The van der Waals surface area contributed by atoms with Crippen molar-refractivity contribution >= 4 is 23.3 Å². The molecule has 0 amide bonds. The van der Waals surface area contributed by atoms with E-state index in [2.05, 4.69) is 9.98 Å². The molecule has 0 fully saturated rings. The Hall–Kier alpha value is -1.84. The molecule has 0 aliphatic carbocycles. The molecule has 0 bridgehead atoms. The summed E-state index contributed by atoms with van der Waals surface area (Å²) in [5.74, 6) is 0.353. The average Bonchev–Trinajstić information content (AvgIpc) is 2.19. The topological polar surface area (TPSA) is 77.3 Å². The van der Waals surface area contributed by atoms with Crippen LogP contribution in [0.15, 0.2) is 23.3 Å². The summed E-state index contributed by atoms with van der Waals surface area (Å²) < 4.78 is 0. The van der Waals surface area contributed by atoms with Gasteiger partial charge >= 0.3 is 0 Å². The van der Waals surface area contributed by atoms with E-state index < -0.39 is 0 Å². The number of nitrogens with zero attached hydrogens (tertiary/aromatic N) is 2. The zero-order valence-electron chi connectivity index (χ0n) is 8.36. The maximum Gasteiger partial charge on any atom is 0.147 e. The van der Waals surface area contributed by atoms with Crippen LogP contribution >= 0.6 is 0 Å². The van der Waals surface area contributed by atoms with Crippen molar-refractivity contribution in [2.75, 3.05) is 18.5 Å². The van der Waals surface area contributed by atoms with Gasteiger partial charge in [-0.1, -0.05) is 6.08 Å². The van der Waals surface area contributed by atoms with Crippen molar-refractivity contribution in [3.8, 4) is 0 Å². The summed E-state index contributed by atoms with van der Waals surface area (Å²) in [6.07, 6.45) is 5.30. The first kappa shape index (κ1) is 10.2. The molecule has 74 valence electrons. The summed E-state index contributed by atoms with van der Waals surface area (Å²) in [5.41, 5.74) is 13.7. The molecule has 0 saturated carbocycles. The predicted molar refractivity (Wildman–Crippen MR) is 61.1 cm³/mol. The van der Waals surface area contributed by atoms with Crippen LogP contribution in [0.25, 0.3) is 5.57 Å². The number of allylic oxidation sites excluding steroid dienone is 2. The summed E-state index contributed by atoms with van der Waals surface area (Å²) in [7, 11) is 1.71. The minimum absolute atomic E-state index is 0.353. The highest BCUT2D eigenvalue weighted by atomic mass is 14.9. The molecule has 0 unspecified atom stereocenters. The molecule has 1 aromatic rings. The number of anilines is 2. The highest BCUT2D eigenvalue weighted by Crippen LogP contribution is 2.23. The average molecular weight is 190 g/mol. The van der Waals surface area contributed by atoms with Gasteiger partial charge in [0.15, 0.2) is 0 Å². The van der Waals surface area contributed by atoms with E-state index in [1.165, 1.54) is 0 Å². The number of pyridine rings is 1. The van der Waals surface area contributed by atoms with Crippen molar-refractivity contribution < 1.29 is 0 Å². The molecule has 1 heterocycles. The largest absolute Gasteiger partial charge is 0.395 e. The van der Waals surface area contributed by atoms with Gasteiger partial charge in [-0.2, -0.15) is 0 Å². The molecule has 1 rings (SSSR count). The van der Waals surface area contributed by atoms with E-state index in [1.54, 1.807) is 19.5 Å². The van der Waals surface area contributed by atoms with Gasteiger partial charge in [-0.05, 0) is 18.6 Å². The van der Waals surface area contributed by atoms with Crippen LogP contribution in [0.1, 0.15) is 12.5 Å². The number of rotatable bonds is 2. The van der Waals surface area contributed by atoms with Gasteiger partial charge in [-0.15, -0.1) is 0 Å². The summed E-state index contributed by atoms with van der Waals surface area (Å²) in [6.45, 7) is 1.92. The van der Waals surface area contributed by atoms with E-state index in [1.807, 2.05) is 19.1 Å². The first-order valence-corrected chi connectivity index (χ1v) is 4.29. The minimum Gasteiger partial charge on any atom is -0.395 e. The molecule has 1 aromatic heterocycles. The lowest BCUT2D eigenvalue weighted by Crippen LogP contribution is -2.02. The molecule has 0 aliphatic rings. The predicted octanol–water partition coefficient (Wildman–Crippen LogP) is 1.35. The fourth-order valence-corrected chi connectivity index (χ4v) is 1.18. The van der Waals surface area contributed by atoms with E-state index in [-0.39, 0.29) is 0 Å². The molecule has 0 spiro atoms. The molecule has 0 aromatic carbocycles. The van der Waals surface area contributed by atoms with Crippen molar-refractivity contribution in [2.24, 2.45) is 4.99 Å². The smallest absolute Gasteiger partial charge is 0.147 e. The number of nitrogens with two attached hydrogens (primary N) is 2. The van der Waals surface area contributed by atoms with Crippen LogP contribution in [0.5, 0.6) is 0 Å². The Balaban J connectivity index is 3.24. The maximum absolute atomic E-state index is 5.80. The Morgan fingerprint density at radius 3 is 2.79 bits per heavy atom. The van der Waals surface area contributed by atoms with Crippen LogP contribution in [0.3, 0.4) is 0 Å². The van der Waals surface area contributed by atoms with E-state index >= 15 is 0 Å². The third-order valence-electron chi connectivity index (χ3n) is 1.91. The van der Waals surface area contributed by atoms with Gasteiger partial charge in [0.2, 0.25) is 0 Å². The number of nitrogen functional groups attached to an aromatic ring is 2. The van der Waals surface area contributed by atoms with Crippen LogP contribution in [-0.2, 0) is 0 Å². The van der Waals surface area contributed by atoms with Gasteiger partial charge in [-0.3, -0.25) is 4.99 Å². The summed E-state index contributed by atoms with van der Waals surface area (Å²) in [6, 6.07) is 1.82. The Kier molecular flexibility index (Phi) is 3.23. The first-order chi connectivity index (χ1) is 6.70. The van der Waals surface area contributed by atoms with Gasteiger partial charge in [0.05, 0.1) is 5.69 Å². The quantitative estimate of drug-likeness (QED) is 0.691. The third kappa shape index (κ3) is 1.90. The Morgan fingerprint density at radius 1 is 1.50 bits per heavy atom. The van der Waals surface area contributed by atoms with Crippen LogP contribution in [0.2, 0.25) is 0 Å². The third-order valence-corrected chi connectivity index (χ3v) is 1.91. The van der Waals surface area contributed by atoms with Crippen molar-refractivity contribution in [3.63, 3.8) is 0 Å². The Morgan fingerprint density at radius 2 is 2.21 bits per heavy atom. The Bertz CT molecular complexity index is 380. The normalized spacial score (nSPS) is 12.3. The van der Waals surface area contributed by atoms with E-state index in [0.29, 0.717) is 11.5 Å². The first-order valence-electron chi connectivity index (χ1n) is 4.29. The monoisotopic (exact) mass is 190 g/mol. The number of hydrogen-bond acceptors (Lipinski definition) is 4. The van der Waals surface area contributed by atoms with Gasteiger partial charge in [0, 0.05) is 25.0 Å². The second-order valence-corrected chi connectivity index (χ2v) is 2.79. The Labute approximate surface area is 83.4 Å². The second-order valence-electron chi connectivity index (χ2n) is 2.79. The molecular formula is C10H14N4. The van der Waals surface area contributed by atoms with Gasteiger partial charge < -0.3 is 11.5 Å². The highest BCUT2D eigenvalue weighted by molar-refractivity contribution is 6.12. The fraction of sp³-hybridized carbons (Fsp3) is 0.200. The molecule has 4 nitrogen and oxygen atoms in total. The maximum atomic E-state index is 5.80. The molecule has 0 radical (unpaired) electrons. The van der Waals surface area contributed by atoms with Crippen LogP contribution in [0.4, 0.5) is 11.5 Å². The van der Waals surface area contributed by atoms with E-state index in [4.69, 9.17) is 11.5 Å². The zero-order chi connectivity index (χ0) is 10.6. The number of aliphatic imine (C=N–C) groups is 1. The number of aromatic nitrogens is 1. The number of hydrogen-bond donors (Lipinski definition) is 2. The van der Waals surface area contributed by atoms with Gasteiger partial charge in [-0.25, -0.2) is 4.98 Å². The molecule has 4 N–H and O–H groups in total. The standard InChI is InChI=1S/C10H14N4/c1-3-7(6-13-2)8-4-5-14-10(12)9(8)11/h3-6H,11H2,1-2H3,(H2,12,14)/b7-3+,13-6?. The van der Waals surface area contributed by atoms with Crippen molar-refractivity contribution in [1.82, 2.24) is 4.98 Å². The molecule has 0 atom stereocenters. The van der Waals surface area contributed by atoms with Gasteiger partial charge in [0.1, 0.15) is 5.82 Å². The van der Waals surface area contributed by atoms with Crippen LogP contribution in [0, 0.1) is 0 Å². The summed E-state index contributed by atoms with van der Waals surface area (Å²) in [5, 5.41) is 0. The SMILES string of the molecule is C/C=C(\C=NC)c1ccnc(N)c1N. The van der Waals surface area contributed by atoms with Crippen molar-refractivity contribution in [3.05, 3.63) is 23.9 Å². The van der Waals surface area contributed by atoms with Crippen LogP contribution in [-0.4, -0.2) is 18.2 Å². The molecule has 14 heavy (non-hydrogen) atoms. The molecule has 0 saturated heterocycles. The molecule has 4 heteroatoms. The zero-order valence-corrected chi connectivity index (χ0v) is 8.36. The second kappa shape index (κ2) is 4.41. The van der Waals surface area contributed by atoms with Crippen molar-refractivity contribution in [1.29, 1.82) is 0 Å². The van der Waals surface area contributed by atoms with Crippen LogP contribution < -0.4 is 11.5 Å². The van der Waals surface area contributed by atoms with E-state index in [9.17, 15) is 0 Å². The van der Waals surface area contributed by atoms with Gasteiger partial charge in [0.25, 0.3) is 0 Å². The lowest BCUT2D eigenvalue weighted by atomic mass is 10.1. The lowest BCUT2D eigenvalue weighted by Gasteiger charge is -2.06. The summed E-state index contributed by atoms with van der Waals surface area (Å²) >= 11 is 0. The lowest BCUT2D eigenvalue weighted by molar-refractivity contribution is 1.33. The minimum atomic E-state index is 0.353. The van der Waals surface area contributed by atoms with E-state index in [0.717, 1.165) is 11.1 Å². The molecule has 0 aliphatic heterocycles. The fourth-order valence-electron chi connectivity index (χ4n) is 1.18.